The molecule has 2 aromatic rings. The van der Waals surface area contributed by atoms with E-state index in [4.69, 9.17) is 5.26 Å². The van der Waals surface area contributed by atoms with Gasteiger partial charge in [0.2, 0.25) is 0 Å². The van der Waals surface area contributed by atoms with E-state index in [0.717, 1.165) is 11.3 Å². The van der Waals surface area contributed by atoms with E-state index < -0.39 is 0 Å². The number of benzene rings is 1. The van der Waals surface area contributed by atoms with Crippen molar-refractivity contribution in [1.82, 2.24) is 10.2 Å². The quantitative estimate of drug-likeness (QED) is 0.849. The molecule has 1 heterocycles. The van der Waals surface area contributed by atoms with Gasteiger partial charge in [-0.3, -0.25) is 0 Å². The van der Waals surface area contributed by atoms with E-state index in [-0.39, 0.29) is 0 Å². The summed E-state index contributed by atoms with van der Waals surface area (Å²) < 4.78 is 0. The highest BCUT2D eigenvalue weighted by Gasteiger charge is 2.02. The SMILES string of the molecule is Cc1ccc(-c2ccc(NCCC#N)nn2)cc1C. The monoisotopic (exact) mass is 252 g/mol. The van der Waals surface area contributed by atoms with Crippen LogP contribution in [0.25, 0.3) is 11.3 Å². The van der Waals surface area contributed by atoms with Gasteiger partial charge in [-0.25, -0.2) is 0 Å². The summed E-state index contributed by atoms with van der Waals surface area (Å²) in [7, 11) is 0. The topological polar surface area (TPSA) is 61.6 Å². The lowest BCUT2D eigenvalue weighted by Gasteiger charge is -2.06. The summed E-state index contributed by atoms with van der Waals surface area (Å²) in [6, 6.07) is 12.1. The summed E-state index contributed by atoms with van der Waals surface area (Å²) in [6.07, 6.45) is 0.459. The maximum absolute atomic E-state index is 8.46. The van der Waals surface area contributed by atoms with E-state index in [9.17, 15) is 0 Å². The van der Waals surface area contributed by atoms with Gasteiger partial charge in [0.05, 0.1) is 18.2 Å². The van der Waals surface area contributed by atoms with E-state index in [0.29, 0.717) is 18.8 Å². The number of rotatable bonds is 4. The van der Waals surface area contributed by atoms with Gasteiger partial charge in [0, 0.05) is 12.1 Å². The first-order valence-corrected chi connectivity index (χ1v) is 6.23. The fourth-order valence-corrected chi connectivity index (χ4v) is 1.73. The van der Waals surface area contributed by atoms with Crippen LogP contribution < -0.4 is 5.32 Å². The molecule has 0 saturated heterocycles. The van der Waals surface area contributed by atoms with Gasteiger partial charge in [-0.05, 0) is 43.2 Å². The zero-order chi connectivity index (χ0) is 13.7. The van der Waals surface area contributed by atoms with Crippen molar-refractivity contribution in [1.29, 1.82) is 5.26 Å². The molecular weight excluding hydrogens is 236 g/mol. The minimum Gasteiger partial charge on any atom is -0.368 e. The van der Waals surface area contributed by atoms with Crippen LogP contribution in [0.5, 0.6) is 0 Å². The molecule has 0 spiro atoms. The second-order valence-corrected chi connectivity index (χ2v) is 4.44. The van der Waals surface area contributed by atoms with Crippen LogP contribution in [0.15, 0.2) is 30.3 Å². The second kappa shape index (κ2) is 5.96. The predicted molar refractivity (Wildman–Crippen MR) is 75.7 cm³/mol. The van der Waals surface area contributed by atoms with Gasteiger partial charge >= 0.3 is 0 Å². The largest absolute Gasteiger partial charge is 0.368 e. The smallest absolute Gasteiger partial charge is 0.148 e. The van der Waals surface area contributed by atoms with Gasteiger partial charge in [0.1, 0.15) is 5.82 Å². The highest BCUT2D eigenvalue weighted by Crippen LogP contribution is 2.20. The van der Waals surface area contributed by atoms with Gasteiger partial charge in [-0.2, -0.15) is 5.26 Å². The van der Waals surface area contributed by atoms with Crippen molar-refractivity contribution in [2.45, 2.75) is 20.3 Å². The molecule has 0 saturated carbocycles. The molecule has 1 aromatic heterocycles. The van der Waals surface area contributed by atoms with Crippen molar-refractivity contribution in [2.75, 3.05) is 11.9 Å². The summed E-state index contributed by atoms with van der Waals surface area (Å²) in [5.41, 5.74) is 4.44. The van der Waals surface area contributed by atoms with Crippen LogP contribution >= 0.6 is 0 Å². The molecule has 4 heteroatoms. The number of nitrogens with one attached hydrogen (secondary N) is 1. The summed E-state index contributed by atoms with van der Waals surface area (Å²) >= 11 is 0. The molecule has 2 rings (SSSR count). The fourth-order valence-electron chi connectivity index (χ4n) is 1.73. The second-order valence-electron chi connectivity index (χ2n) is 4.44. The van der Waals surface area contributed by atoms with E-state index in [1.165, 1.54) is 11.1 Å². The number of anilines is 1. The zero-order valence-corrected chi connectivity index (χ0v) is 11.1. The van der Waals surface area contributed by atoms with Crippen molar-refractivity contribution in [3.05, 3.63) is 41.5 Å². The third-order valence-electron chi connectivity index (χ3n) is 3.01. The fraction of sp³-hybridized carbons (Fsp3) is 0.267. The molecule has 96 valence electrons. The Balaban J connectivity index is 2.13. The number of nitrogens with zero attached hydrogens (tertiary/aromatic N) is 3. The lowest BCUT2D eigenvalue weighted by atomic mass is 10.0. The normalized spacial score (nSPS) is 9.95. The van der Waals surface area contributed by atoms with Gasteiger partial charge in [-0.1, -0.05) is 12.1 Å². The molecule has 19 heavy (non-hydrogen) atoms. The van der Waals surface area contributed by atoms with Crippen molar-refractivity contribution >= 4 is 5.82 Å². The van der Waals surface area contributed by atoms with Crippen LogP contribution in [-0.2, 0) is 0 Å². The number of nitriles is 1. The zero-order valence-electron chi connectivity index (χ0n) is 11.1. The Morgan fingerprint density at radius 2 is 1.95 bits per heavy atom. The number of aromatic nitrogens is 2. The van der Waals surface area contributed by atoms with Crippen molar-refractivity contribution in [3.8, 4) is 17.3 Å². The predicted octanol–water partition coefficient (Wildman–Crippen LogP) is 3.09. The molecule has 0 aliphatic carbocycles. The van der Waals surface area contributed by atoms with Crippen LogP contribution in [-0.4, -0.2) is 16.7 Å². The van der Waals surface area contributed by atoms with Crippen molar-refractivity contribution in [2.24, 2.45) is 0 Å². The van der Waals surface area contributed by atoms with Crippen LogP contribution in [0.1, 0.15) is 17.5 Å². The Hall–Kier alpha value is -2.41. The minimum absolute atomic E-state index is 0.459. The standard InChI is InChI=1S/C15H16N4/c1-11-4-5-13(10-12(11)2)14-6-7-15(19-18-14)17-9-3-8-16/h4-7,10H,3,9H2,1-2H3,(H,17,19). The molecule has 1 aromatic carbocycles. The molecule has 0 aliphatic rings. The van der Waals surface area contributed by atoms with Crippen molar-refractivity contribution < 1.29 is 0 Å². The van der Waals surface area contributed by atoms with E-state index in [2.05, 4.69) is 53.6 Å². The summed E-state index contributed by atoms with van der Waals surface area (Å²) in [4.78, 5) is 0. The maximum atomic E-state index is 8.46. The Labute approximate surface area is 113 Å². The first-order chi connectivity index (χ1) is 9.20. The van der Waals surface area contributed by atoms with Crippen LogP contribution in [0.3, 0.4) is 0 Å². The van der Waals surface area contributed by atoms with Crippen LogP contribution in [0.2, 0.25) is 0 Å². The Morgan fingerprint density at radius 3 is 2.58 bits per heavy atom. The Morgan fingerprint density at radius 1 is 1.11 bits per heavy atom. The molecular formula is C15H16N4. The minimum atomic E-state index is 0.459. The first kappa shape index (κ1) is 13.0. The average Bonchev–Trinajstić information content (AvgIpc) is 2.43. The Bertz CT molecular complexity index is 597. The lowest BCUT2D eigenvalue weighted by molar-refractivity contribution is 0.992. The summed E-state index contributed by atoms with van der Waals surface area (Å²) in [5.74, 6) is 0.697. The highest BCUT2D eigenvalue weighted by molar-refractivity contribution is 5.61. The molecule has 4 nitrogen and oxygen atoms in total. The molecule has 1 N–H and O–H groups in total. The van der Waals surface area contributed by atoms with Crippen molar-refractivity contribution in [3.63, 3.8) is 0 Å². The van der Waals surface area contributed by atoms with Crippen LogP contribution in [0, 0.1) is 25.2 Å². The highest BCUT2D eigenvalue weighted by atomic mass is 15.2. The van der Waals surface area contributed by atoms with E-state index in [1.54, 1.807) is 0 Å². The Kier molecular flexibility index (Phi) is 4.09. The third-order valence-corrected chi connectivity index (χ3v) is 3.01. The lowest BCUT2D eigenvalue weighted by Crippen LogP contribution is -2.03. The van der Waals surface area contributed by atoms with Gasteiger partial charge in [0.15, 0.2) is 0 Å². The first-order valence-electron chi connectivity index (χ1n) is 6.23. The molecule has 0 unspecified atom stereocenters. The van der Waals surface area contributed by atoms with E-state index >= 15 is 0 Å². The van der Waals surface area contributed by atoms with Gasteiger partial charge < -0.3 is 5.32 Å². The molecule has 0 amide bonds. The van der Waals surface area contributed by atoms with Crippen LogP contribution in [0.4, 0.5) is 5.82 Å². The average molecular weight is 252 g/mol. The maximum Gasteiger partial charge on any atom is 0.148 e. The molecule has 0 radical (unpaired) electrons. The number of aryl methyl sites for hydroxylation is 2. The summed E-state index contributed by atoms with van der Waals surface area (Å²) in [6.45, 7) is 4.77. The van der Waals surface area contributed by atoms with Gasteiger partial charge in [0.25, 0.3) is 0 Å². The molecule has 0 atom stereocenters. The van der Waals surface area contributed by atoms with E-state index in [1.807, 2.05) is 12.1 Å². The molecule has 0 aliphatic heterocycles. The number of hydrogen-bond acceptors (Lipinski definition) is 4. The third kappa shape index (κ3) is 3.29. The molecule has 0 bridgehead atoms. The van der Waals surface area contributed by atoms with Gasteiger partial charge in [-0.15, -0.1) is 10.2 Å². The molecule has 0 fully saturated rings. The summed E-state index contributed by atoms with van der Waals surface area (Å²) in [5, 5.41) is 19.8. The number of hydrogen-bond donors (Lipinski definition) is 1.